The molecule has 0 aliphatic heterocycles. The van der Waals surface area contributed by atoms with E-state index in [0.717, 1.165) is 71.3 Å². The number of carbonyl (C=O) groups excluding carboxylic acids is 1. The molecule has 0 spiro atoms. The van der Waals surface area contributed by atoms with Crippen molar-refractivity contribution in [2.45, 2.75) is 95.6 Å². The Hall–Kier alpha value is -4.43. The SMILES string of the molecule is CCCCc1nc2ccc(NC(CCCC)S(=O)(=O)c3ccccc3)cc2n1Cc1ccc(-c2ccccc2)c(C(=O)OC(C)(C)C)c1. The van der Waals surface area contributed by atoms with Crippen LogP contribution in [0, 0.1) is 0 Å². The van der Waals surface area contributed by atoms with Gasteiger partial charge in [-0.05, 0) is 86.7 Å². The average molecular weight is 666 g/mol. The maximum Gasteiger partial charge on any atom is 0.339 e. The normalized spacial score (nSPS) is 12.6. The standard InChI is InChI=1S/C40H47N3O4S/c1-6-8-20-37-42-35-25-23-31(41-38(21-9-7-2)48(45,46)32-18-14-11-15-19-32)27-36(35)43(37)28-29-22-24-33(30-16-12-10-13-17-30)34(26-29)39(44)47-40(3,4)5/h10-19,22-27,38,41H,6-9,20-21,28H2,1-5H3. The number of unbranched alkanes of at least 4 members (excludes halogenated alkanes) is 2. The molecular formula is C40H47N3O4S. The van der Waals surface area contributed by atoms with E-state index in [9.17, 15) is 13.2 Å². The third-order valence-electron chi connectivity index (χ3n) is 8.30. The van der Waals surface area contributed by atoms with Gasteiger partial charge in [0.25, 0.3) is 0 Å². The molecule has 8 heteroatoms. The summed E-state index contributed by atoms with van der Waals surface area (Å²) in [6, 6.07) is 30.4. The second-order valence-electron chi connectivity index (χ2n) is 13.3. The van der Waals surface area contributed by atoms with E-state index in [1.165, 1.54) is 0 Å². The van der Waals surface area contributed by atoms with E-state index < -0.39 is 20.8 Å². The molecule has 5 aromatic rings. The van der Waals surface area contributed by atoms with Crippen LogP contribution in [0.15, 0.2) is 102 Å². The molecule has 0 bridgehead atoms. The van der Waals surface area contributed by atoms with Gasteiger partial charge in [-0.25, -0.2) is 18.2 Å². The molecule has 0 saturated carbocycles. The van der Waals surface area contributed by atoms with Gasteiger partial charge in [0.2, 0.25) is 0 Å². The third kappa shape index (κ3) is 8.34. The lowest BCUT2D eigenvalue weighted by Crippen LogP contribution is -2.29. The topological polar surface area (TPSA) is 90.3 Å². The van der Waals surface area contributed by atoms with E-state index in [0.29, 0.717) is 23.4 Å². The van der Waals surface area contributed by atoms with E-state index in [2.05, 4.69) is 29.8 Å². The fourth-order valence-electron chi connectivity index (χ4n) is 5.86. The number of rotatable bonds is 14. The number of carbonyl (C=O) groups is 1. The van der Waals surface area contributed by atoms with Crippen LogP contribution in [0.3, 0.4) is 0 Å². The number of imidazole rings is 1. The molecule has 5 rings (SSSR count). The zero-order valence-electron chi connectivity index (χ0n) is 28.7. The van der Waals surface area contributed by atoms with Crippen molar-refractivity contribution < 1.29 is 17.9 Å². The average Bonchev–Trinajstić information content (AvgIpc) is 3.41. The third-order valence-corrected chi connectivity index (χ3v) is 10.3. The van der Waals surface area contributed by atoms with Gasteiger partial charge in [-0.15, -0.1) is 0 Å². The van der Waals surface area contributed by atoms with Gasteiger partial charge < -0.3 is 14.6 Å². The van der Waals surface area contributed by atoms with Gasteiger partial charge in [-0.1, -0.05) is 93.8 Å². The minimum absolute atomic E-state index is 0.311. The Morgan fingerprint density at radius 1 is 0.875 bits per heavy atom. The highest BCUT2D eigenvalue weighted by Gasteiger charge is 2.27. The van der Waals surface area contributed by atoms with Crippen LogP contribution in [0.2, 0.25) is 0 Å². The zero-order chi connectivity index (χ0) is 34.3. The number of hydrogen-bond acceptors (Lipinski definition) is 6. The molecular weight excluding hydrogens is 619 g/mol. The molecule has 0 saturated heterocycles. The summed E-state index contributed by atoms with van der Waals surface area (Å²) in [7, 11) is -3.62. The number of aromatic nitrogens is 2. The van der Waals surface area contributed by atoms with Gasteiger partial charge in [0.15, 0.2) is 9.84 Å². The Kier molecular flexibility index (Phi) is 11.0. The number of benzene rings is 4. The summed E-state index contributed by atoms with van der Waals surface area (Å²) in [5.74, 6) is 0.587. The maximum absolute atomic E-state index is 13.7. The summed E-state index contributed by atoms with van der Waals surface area (Å²) in [6.07, 6.45) is 4.98. The first kappa shape index (κ1) is 34.9. The molecule has 4 aromatic carbocycles. The van der Waals surface area contributed by atoms with Crippen molar-refractivity contribution >= 4 is 32.5 Å². The first-order chi connectivity index (χ1) is 23.0. The summed E-state index contributed by atoms with van der Waals surface area (Å²) in [5.41, 5.74) is 5.06. The zero-order valence-corrected chi connectivity index (χ0v) is 29.5. The molecule has 252 valence electrons. The van der Waals surface area contributed by atoms with Crippen molar-refractivity contribution in [1.82, 2.24) is 9.55 Å². The van der Waals surface area contributed by atoms with Crippen molar-refractivity contribution in [1.29, 1.82) is 0 Å². The van der Waals surface area contributed by atoms with Crippen molar-refractivity contribution in [2.75, 3.05) is 5.32 Å². The van der Waals surface area contributed by atoms with Gasteiger partial charge in [-0.3, -0.25) is 0 Å². The number of esters is 1. The van der Waals surface area contributed by atoms with E-state index in [4.69, 9.17) is 9.72 Å². The highest BCUT2D eigenvalue weighted by molar-refractivity contribution is 7.92. The fourth-order valence-corrected chi connectivity index (χ4v) is 7.50. The van der Waals surface area contributed by atoms with E-state index >= 15 is 0 Å². The van der Waals surface area contributed by atoms with Crippen LogP contribution in [0.25, 0.3) is 22.2 Å². The maximum atomic E-state index is 13.7. The lowest BCUT2D eigenvalue weighted by Gasteiger charge is -2.21. The molecule has 1 aromatic heterocycles. The first-order valence-electron chi connectivity index (χ1n) is 17.0. The molecule has 1 N–H and O–H groups in total. The van der Waals surface area contributed by atoms with Gasteiger partial charge in [-0.2, -0.15) is 0 Å². The van der Waals surface area contributed by atoms with Crippen LogP contribution in [0.5, 0.6) is 0 Å². The number of hydrogen-bond donors (Lipinski definition) is 1. The molecule has 48 heavy (non-hydrogen) atoms. The van der Waals surface area contributed by atoms with Gasteiger partial charge in [0.1, 0.15) is 16.8 Å². The largest absolute Gasteiger partial charge is 0.456 e. The highest BCUT2D eigenvalue weighted by Crippen LogP contribution is 2.30. The van der Waals surface area contributed by atoms with Crippen LogP contribution in [0.1, 0.15) is 88.5 Å². The Bertz CT molecular complexity index is 1950. The summed E-state index contributed by atoms with van der Waals surface area (Å²) < 4.78 is 35.5. The van der Waals surface area contributed by atoms with Gasteiger partial charge in [0, 0.05) is 18.7 Å². The summed E-state index contributed by atoms with van der Waals surface area (Å²) in [6.45, 7) is 10.3. The minimum Gasteiger partial charge on any atom is -0.456 e. The molecule has 1 heterocycles. The molecule has 0 aliphatic carbocycles. The molecule has 1 atom stereocenters. The van der Waals surface area contributed by atoms with Crippen LogP contribution in [-0.4, -0.2) is 34.9 Å². The predicted molar refractivity (Wildman–Crippen MR) is 195 cm³/mol. The minimum atomic E-state index is -3.62. The van der Waals surface area contributed by atoms with Crippen LogP contribution in [-0.2, 0) is 27.5 Å². The number of anilines is 1. The lowest BCUT2D eigenvalue weighted by atomic mass is 9.97. The Balaban J connectivity index is 1.55. The molecule has 7 nitrogen and oxygen atoms in total. The van der Waals surface area contributed by atoms with Crippen LogP contribution < -0.4 is 5.32 Å². The first-order valence-corrected chi connectivity index (χ1v) is 18.5. The Morgan fingerprint density at radius 2 is 1.56 bits per heavy atom. The van der Waals surface area contributed by atoms with E-state index in [1.807, 2.05) is 87.5 Å². The number of nitrogens with one attached hydrogen (secondary N) is 1. The summed E-state index contributed by atoms with van der Waals surface area (Å²) >= 11 is 0. The van der Waals surface area contributed by atoms with Crippen molar-refractivity contribution in [3.05, 3.63) is 114 Å². The van der Waals surface area contributed by atoms with Crippen molar-refractivity contribution in [3.8, 4) is 11.1 Å². The van der Waals surface area contributed by atoms with E-state index in [-0.39, 0.29) is 5.97 Å². The smallest absolute Gasteiger partial charge is 0.339 e. The number of nitrogens with zero attached hydrogens (tertiary/aromatic N) is 2. The summed E-state index contributed by atoms with van der Waals surface area (Å²) in [5, 5.41) is 2.60. The number of aryl methyl sites for hydroxylation is 1. The number of sulfone groups is 1. The molecule has 0 amide bonds. The van der Waals surface area contributed by atoms with Crippen molar-refractivity contribution in [2.24, 2.45) is 0 Å². The Labute approximate surface area is 285 Å². The monoisotopic (exact) mass is 665 g/mol. The molecule has 0 radical (unpaired) electrons. The van der Waals surface area contributed by atoms with Crippen LogP contribution >= 0.6 is 0 Å². The Morgan fingerprint density at radius 3 is 2.23 bits per heavy atom. The number of fused-ring (bicyclic) bond motifs is 1. The lowest BCUT2D eigenvalue weighted by molar-refractivity contribution is 0.00702. The summed E-state index contributed by atoms with van der Waals surface area (Å²) in [4.78, 5) is 18.9. The molecule has 0 aliphatic rings. The molecule has 0 fully saturated rings. The fraction of sp³-hybridized carbons (Fsp3) is 0.350. The quantitative estimate of drug-likeness (QED) is 0.119. The number of ether oxygens (including phenoxy) is 1. The van der Waals surface area contributed by atoms with Crippen LogP contribution in [0.4, 0.5) is 5.69 Å². The van der Waals surface area contributed by atoms with Gasteiger partial charge >= 0.3 is 5.97 Å². The molecule has 1 unspecified atom stereocenters. The predicted octanol–water partition coefficient (Wildman–Crippen LogP) is 9.45. The second kappa shape index (κ2) is 15.2. The second-order valence-corrected chi connectivity index (χ2v) is 15.4. The highest BCUT2D eigenvalue weighted by atomic mass is 32.2. The van der Waals surface area contributed by atoms with E-state index in [1.54, 1.807) is 24.3 Å². The van der Waals surface area contributed by atoms with Crippen molar-refractivity contribution in [3.63, 3.8) is 0 Å². The van der Waals surface area contributed by atoms with Gasteiger partial charge in [0.05, 0.1) is 21.5 Å².